The molecule has 6 heteroatoms. The van der Waals surface area contributed by atoms with Crippen LogP contribution in [0.2, 0.25) is 5.02 Å². The largest absolute Gasteiger partial charge is 0.375 e. The number of carbonyl (C=O) groups is 1. The van der Waals surface area contributed by atoms with Gasteiger partial charge in [0.1, 0.15) is 5.82 Å². The van der Waals surface area contributed by atoms with Gasteiger partial charge in [0.25, 0.3) is 0 Å². The van der Waals surface area contributed by atoms with Crippen molar-refractivity contribution in [1.82, 2.24) is 9.88 Å². The van der Waals surface area contributed by atoms with Crippen molar-refractivity contribution >= 4 is 23.3 Å². The molecule has 22 heavy (non-hydrogen) atoms. The second kappa shape index (κ2) is 7.40. The van der Waals surface area contributed by atoms with Crippen LogP contribution in [-0.4, -0.2) is 47.1 Å². The third-order valence-corrected chi connectivity index (χ3v) is 4.16. The van der Waals surface area contributed by atoms with Crippen molar-refractivity contribution < 1.29 is 9.53 Å². The highest BCUT2D eigenvalue weighted by atomic mass is 35.5. The molecule has 2 rings (SSSR count). The maximum atomic E-state index is 12.2. The minimum Gasteiger partial charge on any atom is -0.375 e. The van der Waals surface area contributed by atoms with Crippen molar-refractivity contribution in [3.63, 3.8) is 0 Å². The number of hydrogen-bond donors (Lipinski definition) is 1. The van der Waals surface area contributed by atoms with Crippen molar-refractivity contribution in [1.29, 1.82) is 0 Å². The number of halogens is 1. The first-order valence-corrected chi connectivity index (χ1v) is 8.07. The molecule has 0 aliphatic carbocycles. The minimum absolute atomic E-state index is 0.0547. The van der Waals surface area contributed by atoms with Gasteiger partial charge < -0.3 is 10.1 Å². The van der Waals surface area contributed by atoms with E-state index in [2.05, 4.69) is 36.0 Å². The first kappa shape index (κ1) is 17.2. The maximum Gasteiger partial charge on any atom is 0.239 e. The van der Waals surface area contributed by atoms with Gasteiger partial charge in [0.15, 0.2) is 0 Å². The Bertz CT molecular complexity index is 505. The van der Waals surface area contributed by atoms with Crippen molar-refractivity contribution in [2.75, 3.05) is 25.0 Å². The number of ether oxygens (including phenoxy) is 1. The molecule has 5 nitrogen and oxygen atoms in total. The number of anilines is 1. The van der Waals surface area contributed by atoms with E-state index in [-0.39, 0.29) is 11.5 Å². The first-order valence-electron chi connectivity index (χ1n) is 7.69. The number of carbonyl (C=O) groups excluding carboxylic acids is 1. The molecule has 0 aromatic carbocycles. The summed E-state index contributed by atoms with van der Waals surface area (Å²) in [5.41, 5.74) is -0.120. The number of rotatable bonds is 5. The summed E-state index contributed by atoms with van der Waals surface area (Å²) in [6, 6.07) is 3.79. The maximum absolute atomic E-state index is 12.2. The number of hydrogen-bond acceptors (Lipinski definition) is 4. The third kappa shape index (κ3) is 4.93. The number of nitrogens with zero attached hydrogens (tertiary/aromatic N) is 2. The lowest BCUT2D eigenvalue weighted by Gasteiger charge is -2.40. The molecule has 0 bridgehead atoms. The van der Waals surface area contributed by atoms with Gasteiger partial charge >= 0.3 is 0 Å². The molecule has 0 radical (unpaired) electrons. The van der Waals surface area contributed by atoms with E-state index in [0.29, 0.717) is 23.4 Å². The van der Waals surface area contributed by atoms with Gasteiger partial charge in [-0.25, -0.2) is 4.98 Å². The van der Waals surface area contributed by atoms with Crippen LogP contribution in [0.1, 0.15) is 33.6 Å². The Labute approximate surface area is 137 Å². The Morgan fingerprint density at radius 1 is 1.55 bits per heavy atom. The zero-order valence-corrected chi connectivity index (χ0v) is 14.2. The van der Waals surface area contributed by atoms with Crippen LogP contribution >= 0.6 is 11.6 Å². The van der Waals surface area contributed by atoms with E-state index in [1.165, 1.54) is 6.20 Å². The standard InChI is InChI=1S/C16H24ClN3O2/c1-4-20(13-7-8-22-16(2,3)9-13)11-15(21)19-14-6-5-12(17)10-18-14/h5-6,10,13H,4,7-9,11H2,1-3H3,(H,18,19,21). The van der Waals surface area contributed by atoms with Crippen LogP contribution in [-0.2, 0) is 9.53 Å². The Kier molecular flexibility index (Phi) is 5.78. The molecule has 1 aliphatic rings. The monoisotopic (exact) mass is 325 g/mol. The van der Waals surface area contributed by atoms with Crippen LogP contribution in [0, 0.1) is 0 Å². The summed E-state index contributed by atoms with van der Waals surface area (Å²) in [5, 5.41) is 3.37. The van der Waals surface area contributed by atoms with Gasteiger partial charge in [-0.2, -0.15) is 0 Å². The second-order valence-electron chi connectivity index (χ2n) is 6.23. The molecule has 2 heterocycles. The molecule has 1 fully saturated rings. The molecule has 1 saturated heterocycles. The lowest BCUT2D eigenvalue weighted by atomic mass is 9.93. The topological polar surface area (TPSA) is 54.5 Å². The van der Waals surface area contributed by atoms with Crippen LogP contribution in [0.4, 0.5) is 5.82 Å². The number of amides is 1. The van der Waals surface area contributed by atoms with E-state index >= 15 is 0 Å². The molecule has 0 spiro atoms. The molecule has 1 unspecified atom stereocenters. The first-order chi connectivity index (χ1) is 10.4. The highest BCUT2D eigenvalue weighted by Gasteiger charge is 2.32. The lowest BCUT2D eigenvalue weighted by Crippen LogP contribution is -2.48. The van der Waals surface area contributed by atoms with Gasteiger partial charge in [0.05, 0.1) is 17.2 Å². The van der Waals surface area contributed by atoms with Gasteiger partial charge in [-0.3, -0.25) is 9.69 Å². The summed E-state index contributed by atoms with van der Waals surface area (Å²) in [5.74, 6) is 0.471. The van der Waals surface area contributed by atoms with E-state index in [0.717, 1.165) is 26.0 Å². The third-order valence-electron chi connectivity index (χ3n) is 3.94. The predicted molar refractivity (Wildman–Crippen MR) is 88.2 cm³/mol. The number of nitrogens with one attached hydrogen (secondary N) is 1. The summed E-state index contributed by atoms with van der Waals surface area (Å²) >= 11 is 5.79. The quantitative estimate of drug-likeness (QED) is 0.904. The zero-order chi connectivity index (χ0) is 16.2. The molecule has 1 aromatic heterocycles. The Balaban J connectivity index is 1.91. The van der Waals surface area contributed by atoms with Crippen LogP contribution in [0.3, 0.4) is 0 Å². The van der Waals surface area contributed by atoms with Gasteiger partial charge in [0.2, 0.25) is 5.91 Å². The number of aromatic nitrogens is 1. The minimum atomic E-state index is -0.120. The van der Waals surface area contributed by atoms with Crippen LogP contribution in [0.25, 0.3) is 0 Å². The number of likely N-dealkylation sites (N-methyl/N-ethyl adjacent to an activating group) is 1. The summed E-state index contributed by atoms with van der Waals surface area (Å²) in [6.45, 7) is 8.23. The summed E-state index contributed by atoms with van der Waals surface area (Å²) in [7, 11) is 0. The Morgan fingerprint density at radius 2 is 2.32 bits per heavy atom. The van der Waals surface area contributed by atoms with E-state index in [1.54, 1.807) is 12.1 Å². The van der Waals surface area contributed by atoms with Gasteiger partial charge in [-0.05, 0) is 45.4 Å². The molecular weight excluding hydrogens is 302 g/mol. The highest BCUT2D eigenvalue weighted by molar-refractivity contribution is 6.30. The van der Waals surface area contributed by atoms with Crippen molar-refractivity contribution in [3.8, 4) is 0 Å². The molecular formula is C16H24ClN3O2. The molecule has 122 valence electrons. The van der Waals surface area contributed by atoms with E-state index in [4.69, 9.17) is 16.3 Å². The lowest BCUT2D eigenvalue weighted by molar-refractivity contribution is -0.120. The van der Waals surface area contributed by atoms with Crippen molar-refractivity contribution in [2.45, 2.75) is 45.3 Å². The van der Waals surface area contributed by atoms with Gasteiger partial charge in [-0.15, -0.1) is 0 Å². The fourth-order valence-electron chi connectivity index (χ4n) is 2.83. The molecule has 1 atom stereocenters. The summed E-state index contributed by atoms with van der Waals surface area (Å²) in [4.78, 5) is 18.5. The smallest absolute Gasteiger partial charge is 0.239 e. The van der Waals surface area contributed by atoms with E-state index in [9.17, 15) is 4.79 Å². The SMILES string of the molecule is CCN(CC(=O)Nc1ccc(Cl)cn1)C1CCOC(C)(C)C1. The molecule has 1 amide bonds. The average molecular weight is 326 g/mol. The Hall–Kier alpha value is -1.17. The molecule has 1 aliphatic heterocycles. The van der Waals surface area contributed by atoms with E-state index in [1.807, 2.05) is 0 Å². The second-order valence-corrected chi connectivity index (χ2v) is 6.66. The predicted octanol–water partition coefficient (Wildman–Crippen LogP) is 2.95. The van der Waals surface area contributed by atoms with Gasteiger partial charge in [-0.1, -0.05) is 18.5 Å². The Morgan fingerprint density at radius 3 is 2.91 bits per heavy atom. The summed E-state index contributed by atoms with van der Waals surface area (Å²) in [6.07, 6.45) is 3.42. The molecule has 0 saturated carbocycles. The van der Waals surface area contributed by atoms with Crippen LogP contribution in [0.5, 0.6) is 0 Å². The number of pyridine rings is 1. The van der Waals surface area contributed by atoms with Crippen molar-refractivity contribution in [2.24, 2.45) is 0 Å². The average Bonchev–Trinajstić information content (AvgIpc) is 2.46. The van der Waals surface area contributed by atoms with Crippen LogP contribution < -0.4 is 5.32 Å². The van der Waals surface area contributed by atoms with Crippen LogP contribution in [0.15, 0.2) is 18.3 Å². The summed E-state index contributed by atoms with van der Waals surface area (Å²) < 4.78 is 5.75. The normalized spacial score (nSPS) is 20.9. The van der Waals surface area contributed by atoms with E-state index < -0.39 is 0 Å². The van der Waals surface area contributed by atoms with Gasteiger partial charge in [0, 0.05) is 18.8 Å². The van der Waals surface area contributed by atoms with Crippen molar-refractivity contribution in [3.05, 3.63) is 23.4 Å². The highest BCUT2D eigenvalue weighted by Crippen LogP contribution is 2.27. The molecule has 1 N–H and O–H groups in total. The zero-order valence-electron chi connectivity index (χ0n) is 13.4. The fraction of sp³-hybridized carbons (Fsp3) is 0.625. The fourth-order valence-corrected chi connectivity index (χ4v) is 2.94. The molecule has 1 aromatic rings.